The zero-order valence-electron chi connectivity index (χ0n) is 9.43. The smallest absolute Gasteiger partial charge is 0.279 e. The molecule has 0 aromatic heterocycles. The van der Waals surface area contributed by atoms with E-state index in [1.165, 1.54) is 17.7 Å². The van der Waals surface area contributed by atoms with Gasteiger partial charge in [0.1, 0.15) is 0 Å². The van der Waals surface area contributed by atoms with E-state index in [1.54, 1.807) is 18.2 Å². The van der Waals surface area contributed by atoms with Gasteiger partial charge in [0, 0.05) is 12.8 Å². The quantitative estimate of drug-likeness (QED) is 0.862. The van der Waals surface area contributed by atoms with Gasteiger partial charge in [0.2, 0.25) is 0 Å². The Balaban J connectivity index is 1.97. The highest BCUT2D eigenvalue weighted by Gasteiger charge is 2.19. The van der Waals surface area contributed by atoms with Crippen LogP contribution in [0.1, 0.15) is 12.8 Å². The molecule has 0 unspecified atom stereocenters. The van der Waals surface area contributed by atoms with Crippen LogP contribution in [0.15, 0.2) is 18.2 Å². The van der Waals surface area contributed by atoms with E-state index in [1.807, 2.05) is 0 Å². The fraction of sp³-hybridized carbons (Fsp3) is 0.417. The normalized spacial score (nSPS) is 16.1. The molecule has 2 rings (SSSR count). The maximum atomic E-state index is 11.8. The molecule has 2 N–H and O–H groups in total. The first-order valence-electron chi connectivity index (χ1n) is 5.74. The van der Waals surface area contributed by atoms with Gasteiger partial charge in [-0.3, -0.25) is 4.79 Å². The maximum absolute atomic E-state index is 11.8. The van der Waals surface area contributed by atoms with E-state index in [2.05, 4.69) is 5.32 Å². The highest BCUT2D eigenvalue weighted by Crippen LogP contribution is 2.29. The summed E-state index contributed by atoms with van der Waals surface area (Å²) < 4.78 is 0. The van der Waals surface area contributed by atoms with Crippen molar-refractivity contribution in [2.24, 2.45) is 0 Å². The number of benzene rings is 1. The van der Waals surface area contributed by atoms with Crippen molar-refractivity contribution in [3.8, 4) is 0 Å². The van der Waals surface area contributed by atoms with Gasteiger partial charge in [-0.25, -0.2) is 0 Å². The van der Waals surface area contributed by atoms with E-state index in [9.17, 15) is 4.79 Å². The molecule has 0 atom stereocenters. The fourth-order valence-electron chi connectivity index (χ4n) is 2.08. The lowest BCUT2D eigenvalue weighted by atomic mass is 10.3. The van der Waals surface area contributed by atoms with Gasteiger partial charge in [-0.2, -0.15) is 0 Å². The molecule has 1 aromatic carbocycles. The van der Waals surface area contributed by atoms with Crippen molar-refractivity contribution in [3.05, 3.63) is 28.2 Å². The number of carbonyl (C=O) groups is 1. The average molecular weight is 274 g/mol. The Labute approximate surface area is 111 Å². The first-order valence-corrected chi connectivity index (χ1v) is 6.50. The number of nitrogens with one attached hydrogen (secondary N) is 2. The molecule has 1 saturated heterocycles. The molecule has 5 heteroatoms. The number of rotatable bonds is 3. The molecule has 1 amide bonds. The minimum Gasteiger partial charge on any atom is -0.327 e. The summed E-state index contributed by atoms with van der Waals surface area (Å²) in [4.78, 5) is 13.1. The number of quaternary nitrogens is 1. The van der Waals surface area contributed by atoms with Gasteiger partial charge >= 0.3 is 0 Å². The molecule has 0 saturated carbocycles. The van der Waals surface area contributed by atoms with E-state index >= 15 is 0 Å². The third-order valence-electron chi connectivity index (χ3n) is 2.95. The number of likely N-dealkylation sites (tertiary alicyclic amines) is 1. The Morgan fingerprint density at radius 1 is 1.24 bits per heavy atom. The van der Waals surface area contributed by atoms with Crippen molar-refractivity contribution in [1.29, 1.82) is 0 Å². The second-order valence-corrected chi connectivity index (χ2v) is 5.09. The van der Waals surface area contributed by atoms with Crippen molar-refractivity contribution in [1.82, 2.24) is 0 Å². The van der Waals surface area contributed by atoms with Crippen LogP contribution in [0.4, 0.5) is 5.69 Å². The van der Waals surface area contributed by atoms with Gasteiger partial charge in [0.15, 0.2) is 6.54 Å². The number of anilines is 1. The van der Waals surface area contributed by atoms with Crippen LogP contribution >= 0.6 is 23.2 Å². The molecule has 0 aliphatic carbocycles. The summed E-state index contributed by atoms with van der Waals surface area (Å²) in [6, 6.07) is 5.18. The largest absolute Gasteiger partial charge is 0.327 e. The zero-order valence-corrected chi connectivity index (χ0v) is 10.9. The Kier molecular flexibility index (Phi) is 4.26. The Morgan fingerprint density at radius 2 is 1.82 bits per heavy atom. The van der Waals surface area contributed by atoms with E-state index in [-0.39, 0.29) is 5.91 Å². The lowest BCUT2D eigenvalue weighted by molar-refractivity contribution is -0.878. The number of amides is 1. The number of halogens is 2. The molecule has 1 aliphatic heterocycles. The first kappa shape index (κ1) is 12.7. The topological polar surface area (TPSA) is 33.5 Å². The van der Waals surface area contributed by atoms with Crippen LogP contribution in [0.25, 0.3) is 0 Å². The molecule has 3 nitrogen and oxygen atoms in total. The number of carbonyl (C=O) groups excluding carboxylic acids is 1. The predicted molar refractivity (Wildman–Crippen MR) is 69.9 cm³/mol. The third kappa shape index (κ3) is 3.35. The highest BCUT2D eigenvalue weighted by molar-refractivity contribution is 6.39. The molecule has 0 spiro atoms. The molecule has 17 heavy (non-hydrogen) atoms. The van der Waals surface area contributed by atoms with Crippen LogP contribution in [0.2, 0.25) is 10.0 Å². The standard InChI is InChI=1S/C12H14Cl2N2O/c13-9-4-3-5-10(14)12(9)15-11(17)8-16-6-1-2-7-16/h3-5H,1-2,6-8H2,(H,15,17)/p+1. The average Bonchev–Trinajstić information content (AvgIpc) is 2.76. The van der Waals surface area contributed by atoms with Crippen molar-refractivity contribution < 1.29 is 9.69 Å². The molecular formula is C12H15Cl2N2O+. The van der Waals surface area contributed by atoms with Gasteiger partial charge in [0.25, 0.3) is 5.91 Å². The summed E-state index contributed by atoms with van der Waals surface area (Å²) in [6.45, 7) is 2.63. The van der Waals surface area contributed by atoms with Crippen molar-refractivity contribution >= 4 is 34.8 Å². The first-order chi connectivity index (χ1) is 8.16. The third-order valence-corrected chi connectivity index (χ3v) is 3.58. The van der Waals surface area contributed by atoms with E-state index in [4.69, 9.17) is 23.2 Å². The van der Waals surface area contributed by atoms with Crippen LogP contribution in [-0.2, 0) is 4.79 Å². The number of hydrogen-bond acceptors (Lipinski definition) is 1. The van der Waals surface area contributed by atoms with Gasteiger partial charge in [0.05, 0.1) is 28.8 Å². The fourth-order valence-corrected chi connectivity index (χ4v) is 2.57. The minimum atomic E-state index is -0.0306. The van der Waals surface area contributed by atoms with Gasteiger partial charge < -0.3 is 10.2 Å². The van der Waals surface area contributed by atoms with E-state index in [0.717, 1.165) is 13.1 Å². The lowest BCUT2D eigenvalue weighted by Crippen LogP contribution is -3.11. The Bertz CT molecular complexity index is 397. The summed E-state index contributed by atoms with van der Waals surface area (Å²) in [7, 11) is 0. The van der Waals surface area contributed by atoms with E-state index in [0.29, 0.717) is 22.3 Å². The minimum absolute atomic E-state index is 0.0306. The van der Waals surface area contributed by atoms with Crippen LogP contribution in [0.5, 0.6) is 0 Å². The molecule has 1 heterocycles. The van der Waals surface area contributed by atoms with Crippen LogP contribution in [0.3, 0.4) is 0 Å². The summed E-state index contributed by atoms with van der Waals surface area (Å²) >= 11 is 12.0. The summed E-state index contributed by atoms with van der Waals surface area (Å²) in [5.41, 5.74) is 0.513. The molecular weight excluding hydrogens is 259 g/mol. The SMILES string of the molecule is O=C(C[NH+]1CCCC1)Nc1c(Cl)cccc1Cl. The van der Waals surface area contributed by atoms with Gasteiger partial charge in [-0.15, -0.1) is 0 Å². The maximum Gasteiger partial charge on any atom is 0.279 e. The molecule has 1 aromatic rings. The Morgan fingerprint density at radius 3 is 2.41 bits per heavy atom. The number of hydrogen-bond donors (Lipinski definition) is 2. The van der Waals surface area contributed by atoms with Crippen LogP contribution in [0, 0.1) is 0 Å². The molecule has 0 radical (unpaired) electrons. The van der Waals surface area contributed by atoms with Gasteiger partial charge in [-0.05, 0) is 12.1 Å². The van der Waals surface area contributed by atoms with Crippen LogP contribution in [-0.4, -0.2) is 25.5 Å². The molecule has 1 fully saturated rings. The second kappa shape index (κ2) is 5.71. The zero-order chi connectivity index (χ0) is 12.3. The summed E-state index contributed by atoms with van der Waals surface area (Å²) in [6.07, 6.45) is 2.41. The van der Waals surface area contributed by atoms with Crippen molar-refractivity contribution in [3.63, 3.8) is 0 Å². The molecule has 92 valence electrons. The lowest BCUT2D eigenvalue weighted by Gasteiger charge is -2.13. The van der Waals surface area contributed by atoms with Crippen molar-refractivity contribution in [2.75, 3.05) is 25.0 Å². The van der Waals surface area contributed by atoms with Gasteiger partial charge in [-0.1, -0.05) is 29.3 Å². The second-order valence-electron chi connectivity index (χ2n) is 4.28. The summed E-state index contributed by atoms with van der Waals surface area (Å²) in [5.74, 6) is -0.0306. The molecule has 0 bridgehead atoms. The monoisotopic (exact) mass is 273 g/mol. The van der Waals surface area contributed by atoms with Crippen LogP contribution < -0.4 is 10.2 Å². The number of para-hydroxylation sites is 1. The molecule has 1 aliphatic rings. The highest BCUT2D eigenvalue weighted by atomic mass is 35.5. The predicted octanol–water partition coefficient (Wildman–Crippen LogP) is 1.61. The van der Waals surface area contributed by atoms with E-state index < -0.39 is 0 Å². The summed E-state index contributed by atoms with van der Waals surface area (Å²) in [5, 5.41) is 3.73. The Hall–Kier alpha value is -0.770. The van der Waals surface area contributed by atoms with Crippen molar-refractivity contribution in [2.45, 2.75) is 12.8 Å².